The number of thioether (sulfide) groups is 1. The Morgan fingerprint density at radius 2 is 1.79 bits per heavy atom. The fraction of sp³-hybridized carbons (Fsp3) is 0.562. The number of phosphoric acid groups is 1. The molecular formula is C32H42N5O8PS. The Kier molecular flexibility index (Phi) is 9.60. The second kappa shape index (κ2) is 12.8. The van der Waals surface area contributed by atoms with Gasteiger partial charge in [0.25, 0.3) is 0 Å². The molecule has 47 heavy (non-hydrogen) atoms. The van der Waals surface area contributed by atoms with Crippen LogP contribution in [0, 0.1) is 16.7 Å². The molecule has 0 spiro atoms. The van der Waals surface area contributed by atoms with Crippen LogP contribution in [0.1, 0.15) is 66.6 Å². The van der Waals surface area contributed by atoms with Crippen molar-refractivity contribution in [3.8, 4) is 11.8 Å². The van der Waals surface area contributed by atoms with Crippen LogP contribution in [0.2, 0.25) is 0 Å². The first kappa shape index (κ1) is 35.3. The zero-order chi connectivity index (χ0) is 34.4. The molecule has 0 saturated carbocycles. The summed E-state index contributed by atoms with van der Waals surface area (Å²) >= 11 is 1.08. The van der Waals surface area contributed by atoms with Crippen molar-refractivity contribution >= 4 is 36.0 Å². The fourth-order valence-electron chi connectivity index (χ4n) is 5.36. The first-order chi connectivity index (χ1) is 21.9. The maximum atomic E-state index is 14.2. The van der Waals surface area contributed by atoms with Crippen LogP contribution in [0.15, 0.2) is 42.7 Å². The first-order valence-electron chi connectivity index (χ1n) is 15.3. The van der Waals surface area contributed by atoms with E-state index in [1.165, 1.54) is 10.8 Å². The number of ether oxygens (including phenoxy) is 3. The van der Waals surface area contributed by atoms with Gasteiger partial charge in [-0.25, -0.2) is 14.1 Å². The second-order valence-electron chi connectivity index (χ2n) is 14.0. The van der Waals surface area contributed by atoms with E-state index in [2.05, 4.69) is 36.9 Å². The van der Waals surface area contributed by atoms with Gasteiger partial charge in [-0.05, 0) is 49.1 Å². The third kappa shape index (κ3) is 7.37. The van der Waals surface area contributed by atoms with Crippen LogP contribution in [-0.2, 0) is 43.6 Å². The van der Waals surface area contributed by atoms with E-state index < -0.39 is 42.9 Å². The van der Waals surface area contributed by atoms with Crippen molar-refractivity contribution in [2.45, 2.75) is 90.5 Å². The average molecular weight is 688 g/mol. The van der Waals surface area contributed by atoms with Gasteiger partial charge in [-0.2, -0.15) is 10.4 Å². The highest BCUT2D eigenvalue weighted by atomic mass is 32.2. The first-order valence-corrected chi connectivity index (χ1v) is 17.7. The number of nitriles is 1. The molecule has 2 saturated heterocycles. The predicted octanol–water partition coefficient (Wildman–Crippen LogP) is 5.77. The van der Waals surface area contributed by atoms with E-state index in [9.17, 15) is 14.6 Å². The lowest BCUT2D eigenvalue weighted by molar-refractivity contribution is -0.204. The Morgan fingerprint density at radius 3 is 2.43 bits per heavy atom. The van der Waals surface area contributed by atoms with Crippen LogP contribution in [0.3, 0.4) is 0 Å². The second-order valence-corrected chi connectivity index (χ2v) is 16.7. The smallest absolute Gasteiger partial charge is 0.404 e. The molecule has 0 aliphatic carbocycles. The Morgan fingerprint density at radius 1 is 1.09 bits per heavy atom. The number of phosphoric ester groups is 1. The van der Waals surface area contributed by atoms with Gasteiger partial charge in [0.05, 0.1) is 18.9 Å². The summed E-state index contributed by atoms with van der Waals surface area (Å²) in [7, 11) is -4.30. The summed E-state index contributed by atoms with van der Waals surface area (Å²) in [6.45, 7) is 14.8. The molecule has 15 heteroatoms. The summed E-state index contributed by atoms with van der Waals surface area (Å²) in [5.74, 6) is -0.334. The normalized spacial score (nSPS) is 25.3. The number of carbonyl (C=O) groups is 1. The van der Waals surface area contributed by atoms with Crippen molar-refractivity contribution in [1.82, 2.24) is 14.6 Å². The molecule has 4 heterocycles. The van der Waals surface area contributed by atoms with Crippen LogP contribution < -0.4 is 10.3 Å². The average Bonchev–Trinajstić information content (AvgIpc) is 3.64. The molecule has 254 valence electrons. The fourth-order valence-corrected chi connectivity index (χ4v) is 7.48. The molecule has 1 unspecified atom stereocenters. The lowest BCUT2D eigenvalue weighted by atomic mass is 9.87. The molecule has 2 aliphatic rings. The van der Waals surface area contributed by atoms with Crippen LogP contribution in [0.4, 0.5) is 5.82 Å². The zero-order valence-electron chi connectivity index (χ0n) is 27.9. The number of aromatic nitrogens is 3. The van der Waals surface area contributed by atoms with Crippen molar-refractivity contribution in [3.05, 3.63) is 54.0 Å². The van der Waals surface area contributed by atoms with Gasteiger partial charge in [0.2, 0.25) is 5.60 Å². The van der Waals surface area contributed by atoms with E-state index in [0.29, 0.717) is 11.2 Å². The minimum Gasteiger partial charge on any atom is -0.404 e. The predicted molar refractivity (Wildman–Crippen MR) is 176 cm³/mol. The summed E-state index contributed by atoms with van der Waals surface area (Å²) in [6.07, 6.45) is -1.36. The molecule has 0 amide bonds. The minimum atomic E-state index is -4.30. The monoisotopic (exact) mass is 687 g/mol. The maximum Gasteiger partial charge on any atom is 0.530 e. The van der Waals surface area contributed by atoms with Gasteiger partial charge in [-0.3, -0.25) is 13.8 Å². The van der Waals surface area contributed by atoms with E-state index in [4.69, 9.17) is 33.5 Å². The molecule has 2 N–H and O–H groups in total. The standard InChI is InChI=1S/C32H42N5O8PS/c1-29(2,3)20-9-11-21(12-10-20)45-46(39,40-15-16-47-28(38)30(4,5)6)41-17-23-25-26(44-31(7,8)43-25)32(18-33,42-23)24-14-13-22-27(34)35-19-36-37(22)24/h9-14,19,23,25-26H,15-17H2,1-8H3,(H2,34,35,36)/t23-,25-,26-,32+,46?/m1/s1. The van der Waals surface area contributed by atoms with E-state index in [-0.39, 0.29) is 41.1 Å². The van der Waals surface area contributed by atoms with Gasteiger partial charge in [-0.1, -0.05) is 65.4 Å². The third-order valence-electron chi connectivity index (χ3n) is 7.77. The molecule has 2 aromatic heterocycles. The van der Waals surface area contributed by atoms with E-state index in [1.54, 1.807) is 38.1 Å². The molecule has 13 nitrogen and oxygen atoms in total. The molecule has 5 atom stereocenters. The largest absolute Gasteiger partial charge is 0.530 e. The summed E-state index contributed by atoms with van der Waals surface area (Å²) in [5, 5.41) is 14.9. The van der Waals surface area contributed by atoms with E-state index in [1.807, 2.05) is 32.9 Å². The molecule has 2 aliphatic heterocycles. The van der Waals surface area contributed by atoms with Gasteiger partial charge in [0.1, 0.15) is 42.0 Å². The van der Waals surface area contributed by atoms with Crippen molar-refractivity contribution in [1.29, 1.82) is 5.26 Å². The topological polar surface area (TPSA) is 170 Å². The number of anilines is 1. The van der Waals surface area contributed by atoms with E-state index >= 15 is 0 Å². The number of benzene rings is 1. The Labute approximate surface area is 279 Å². The Bertz CT molecular complexity index is 1710. The molecular weight excluding hydrogens is 645 g/mol. The highest BCUT2D eigenvalue weighted by molar-refractivity contribution is 8.13. The number of fused-ring (bicyclic) bond motifs is 2. The lowest BCUT2D eigenvalue weighted by Gasteiger charge is -2.29. The molecule has 2 fully saturated rings. The Hall–Kier alpha value is -3.02. The van der Waals surface area contributed by atoms with Crippen LogP contribution in [0.25, 0.3) is 5.52 Å². The summed E-state index contributed by atoms with van der Waals surface area (Å²) in [5.41, 5.74) is 5.62. The maximum absolute atomic E-state index is 14.2. The van der Waals surface area contributed by atoms with Gasteiger partial charge in [0.15, 0.2) is 16.7 Å². The number of rotatable bonds is 10. The van der Waals surface area contributed by atoms with Crippen LogP contribution in [-0.4, -0.2) is 62.8 Å². The van der Waals surface area contributed by atoms with Crippen molar-refractivity contribution in [2.75, 3.05) is 24.7 Å². The quantitative estimate of drug-likeness (QED) is 0.201. The number of nitrogens with zero attached hydrogens (tertiary/aromatic N) is 4. The van der Waals surface area contributed by atoms with Crippen molar-refractivity contribution in [2.24, 2.45) is 5.41 Å². The lowest BCUT2D eigenvalue weighted by Crippen LogP contribution is -2.40. The molecule has 0 radical (unpaired) electrons. The van der Waals surface area contributed by atoms with Gasteiger partial charge < -0.3 is 24.5 Å². The van der Waals surface area contributed by atoms with Gasteiger partial charge in [-0.15, -0.1) is 0 Å². The van der Waals surface area contributed by atoms with Crippen molar-refractivity contribution in [3.63, 3.8) is 0 Å². The number of hydrogen-bond acceptors (Lipinski definition) is 13. The van der Waals surface area contributed by atoms with Crippen LogP contribution in [0.5, 0.6) is 5.75 Å². The molecule has 1 aromatic carbocycles. The van der Waals surface area contributed by atoms with Crippen molar-refractivity contribution < 1.29 is 37.1 Å². The van der Waals surface area contributed by atoms with E-state index in [0.717, 1.165) is 17.3 Å². The Balaban J connectivity index is 1.40. The third-order valence-corrected chi connectivity index (χ3v) is 10.4. The number of hydrogen-bond donors (Lipinski definition) is 1. The highest BCUT2D eigenvalue weighted by Gasteiger charge is 2.65. The minimum absolute atomic E-state index is 0.0280. The summed E-state index contributed by atoms with van der Waals surface area (Å²) in [6, 6.07) is 12.8. The number of nitrogens with two attached hydrogens (primary N) is 1. The molecule has 5 rings (SSSR count). The highest BCUT2D eigenvalue weighted by Crippen LogP contribution is 2.53. The number of nitrogen functional groups attached to an aromatic ring is 1. The zero-order valence-corrected chi connectivity index (χ0v) is 29.6. The van der Waals surface area contributed by atoms with Gasteiger partial charge >= 0.3 is 7.82 Å². The SMILES string of the molecule is CC1(C)O[C@H]2[C@@H](O1)[C@](C#N)(c1ccc3c(N)ncnn13)O[C@@H]2COP(=O)(OCCSC(=O)C(C)(C)C)Oc1ccc(C(C)(C)C)cc1. The molecule has 0 bridgehead atoms. The number of carbonyl (C=O) groups excluding carboxylic acids is 1. The molecule has 3 aromatic rings. The van der Waals surface area contributed by atoms with Crippen LogP contribution >= 0.6 is 19.6 Å². The summed E-state index contributed by atoms with van der Waals surface area (Å²) in [4.78, 5) is 16.5. The van der Waals surface area contributed by atoms with Gasteiger partial charge in [0, 0.05) is 11.2 Å². The summed E-state index contributed by atoms with van der Waals surface area (Å²) < 4.78 is 52.0.